The van der Waals surface area contributed by atoms with Crippen molar-refractivity contribution in [2.45, 2.75) is 6.92 Å². The average molecular weight is 368 g/mol. The zero-order chi connectivity index (χ0) is 18.1. The molecule has 4 aromatic rings. The molecule has 0 spiro atoms. The zero-order valence-electron chi connectivity index (χ0n) is 13.6. The van der Waals surface area contributed by atoms with Crippen LogP contribution in [0.5, 0.6) is 0 Å². The van der Waals surface area contributed by atoms with Crippen molar-refractivity contribution in [1.82, 2.24) is 14.8 Å². The molecular weight excluding hydrogens is 355 g/mol. The van der Waals surface area contributed by atoms with Gasteiger partial charge >= 0.3 is 0 Å². The lowest BCUT2D eigenvalue weighted by Gasteiger charge is -2.04. The fourth-order valence-corrected chi connectivity index (χ4v) is 3.23. The predicted molar refractivity (Wildman–Crippen MR) is 96.0 cm³/mol. The number of rotatable bonds is 4. The fourth-order valence-electron chi connectivity index (χ4n) is 2.43. The quantitative estimate of drug-likeness (QED) is 0.583. The van der Waals surface area contributed by atoms with E-state index in [1.807, 2.05) is 12.3 Å². The van der Waals surface area contributed by atoms with Gasteiger partial charge < -0.3 is 9.73 Å². The van der Waals surface area contributed by atoms with Gasteiger partial charge in [0.2, 0.25) is 5.13 Å². The maximum absolute atomic E-state index is 13.1. The number of nitrogens with one attached hydrogen (secondary N) is 1. The van der Waals surface area contributed by atoms with Crippen molar-refractivity contribution in [2.75, 3.05) is 5.32 Å². The number of benzene rings is 1. The summed E-state index contributed by atoms with van der Waals surface area (Å²) in [6, 6.07) is 11.1. The third-order valence-electron chi connectivity index (χ3n) is 3.63. The van der Waals surface area contributed by atoms with Gasteiger partial charge in [-0.25, -0.2) is 9.37 Å². The first kappa shape index (κ1) is 16.2. The molecule has 0 unspecified atom stereocenters. The van der Waals surface area contributed by atoms with Gasteiger partial charge in [0.05, 0.1) is 17.7 Å². The van der Waals surface area contributed by atoms with Crippen LogP contribution >= 0.6 is 11.3 Å². The number of aryl methyl sites for hydroxylation is 1. The molecule has 0 atom stereocenters. The molecule has 1 amide bonds. The third kappa shape index (κ3) is 3.14. The SMILES string of the molecule is Cc1cc(NC(=O)c2ccco2)n(-c2nc(-c3ccc(F)cc3)cs2)n1. The van der Waals surface area contributed by atoms with Crippen LogP contribution in [0.1, 0.15) is 16.2 Å². The van der Waals surface area contributed by atoms with E-state index in [9.17, 15) is 9.18 Å². The van der Waals surface area contributed by atoms with Crippen molar-refractivity contribution >= 4 is 23.1 Å². The Morgan fingerprint density at radius 3 is 2.81 bits per heavy atom. The van der Waals surface area contributed by atoms with Gasteiger partial charge in [-0.1, -0.05) is 0 Å². The molecule has 26 heavy (non-hydrogen) atoms. The van der Waals surface area contributed by atoms with E-state index < -0.39 is 0 Å². The standard InChI is InChI=1S/C18H13FN4O2S/c1-11-9-16(21-17(24)15-3-2-8-25-15)23(22-11)18-20-14(10-26-18)12-4-6-13(19)7-5-12/h2-10H,1H3,(H,21,24). The van der Waals surface area contributed by atoms with Gasteiger partial charge in [0.1, 0.15) is 11.6 Å². The number of amides is 1. The number of hydrogen-bond donors (Lipinski definition) is 1. The van der Waals surface area contributed by atoms with Gasteiger partial charge in [0, 0.05) is 17.0 Å². The van der Waals surface area contributed by atoms with E-state index in [1.165, 1.54) is 29.7 Å². The molecular formula is C18H13FN4O2S. The van der Waals surface area contributed by atoms with Crippen molar-refractivity contribution in [3.8, 4) is 16.4 Å². The molecule has 0 saturated heterocycles. The first-order chi connectivity index (χ1) is 12.6. The number of anilines is 1. The Morgan fingerprint density at radius 2 is 2.08 bits per heavy atom. The smallest absolute Gasteiger partial charge is 0.292 e. The van der Waals surface area contributed by atoms with Crippen molar-refractivity contribution in [2.24, 2.45) is 0 Å². The summed E-state index contributed by atoms with van der Waals surface area (Å²) in [5.41, 5.74) is 2.25. The highest BCUT2D eigenvalue weighted by Crippen LogP contribution is 2.26. The van der Waals surface area contributed by atoms with Gasteiger partial charge in [0.15, 0.2) is 5.76 Å². The van der Waals surface area contributed by atoms with Gasteiger partial charge in [-0.2, -0.15) is 9.78 Å². The summed E-state index contributed by atoms with van der Waals surface area (Å²) in [6.07, 6.45) is 1.44. The number of thiazole rings is 1. The number of carbonyl (C=O) groups excluding carboxylic acids is 1. The van der Waals surface area contributed by atoms with Crippen LogP contribution in [0.2, 0.25) is 0 Å². The maximum atomic E-state index is 13.1. The van der Waals surface area contributed by atoms with Crippen molar-refractivity contribution < 1.29 is 13.6 Å². The van der Waals surface area contributed by atoms with E-state index in [0.717, 1.165) is 11.3 Å². The van der Waals surface area contributed by atoms with E-state index in [0.29, 0.717) is 16.6 Å². The highest BCUT2D eigenvalue weighted by molar-refractivity contribution is 7.12. The summed E-state index contributed by atoms with van der Waals surface area (Å²) in [4.78, 5) is 16.8. The minimum Gasteiger partial charge on any atom is -0.459 e. The summed E-state index contributed by atoms with van der Waals surface area (Å²) < 4.78 is 19.8. The third-order valence-corrected chi connectivity index (χ3v) is 4.45. The van der Waals surface area contributed by atoms with Gasteiger partial charge in [0.25, 0.3) is 5.91 Å². The van der Waals surface area contributed by atoms with Crippen LogP contribution in [0.25, 0.3) is 16.4 Å². The molecule has 0 aliphatic rings. The molecule has 1 N–H and O–H groups in total. The van der Waals surface area contributed by atoms with Crippen molar-refractivity contribution in [3.63, 3.8) is 0 Å². The molecule has 3 heterocycles. The average Bonchev–Trinajstić information content (AvgIpc) is 3.35. The molecule has 4 rings (SSSR count). The number of carbonyl (C=O) groups is 1. The lowest BCUT2D eigenvalue weighted by atomic mass is 10.2. The minimum atomic E-state index is -0.369. The number of nitrogens with zero attached hydrogens (tertiary/aromatic N) is 3. The number of aromatic nitrogens is 3. The Morgan fingerprint density at radius 1 is 1.27 bits per heavy atom. The maximum Gasteiger partial charge on any atom is 0.292 e. The number of halogens is 1. The second-order valence-electron chi connectivity index (χ2n) is 5.54. The Labute approximate surface area is 151 Å². The van der Waals surface area contributed by atoms with E-state index in [1.54, 1.807) is 35.0 Å². The molecule has 130 valence electrons. The van der Waals surface area contributed by atoms with E-state index in [2.05, 4.69) is 15.4 Å². The van der Waals surface area contributed by atoms with Gasteiger partial charge in [-0.05, 0) is 43.3 Å². The molecule has 8 heteroatoms. The highest BCUT2D eigenvalue weighted by Gasteiger charge is 2.16. The minimum absolute atomic E-state index is 0.210. The van der Waals surface area contributed by atoms with Crippen LogP contribution in [0.15, 0.2) is 58.5 Å². The molecule has 0 radical (unpaired) electrons. The Balaban J connectivity index is 1.64. The van der Waals surface area contributed by atoms with Crippen LogP contribution < -0.4 is 5.32 Å². The second kappa shape index (κ2) is 6.57. The van der Waals surface area contributed by atoms with E-state index in [-0.39, 0.29) is 17.5 Å². The van der Waals surface area contributed by atoms with Crippen LogP contribution in [0.4, 0.5) is 10.2 Å². The van der Waals surface area contributed by atoms with E-state index in [4.69, 9.17) is 4.42 Å². The number of hydrogen-bond acceptors (Lipinski definition) is 5. The molecule has 0 fully saturated rings. The van der Waals surface area contributed by atoms with Gasteiger partial charge in [-0.3, -0.25) is 4.79 Å². The summed E-state index contributed by atoms with van der Waals surface area (Å²) in [5.74, 6) is 0.0340. The first-order valence-corrected chi connectivity index (χ1v) is 8.61. The number of furan rings is 1. The fraction of sp³-hybridized carbons (Fsp3) is 0.0556. The van der Waals surface area contributed by atoms with Crippen LogP contribution in [0, 0.1) is 12.7 Å². The van der Waals surface area contributed by atoms with E-state index >= 15 is 0 Å². The first-order valence-electron chi connectivity index (χ1n) is 7.73. The molecule has 0 aliphatic heterocycles. The van der Waals surface area contributed by atoms with Crippen LogP contribution in [-0.2, 0) is 0 Å². The normalized spacial score (nSPS) is 10.8. The zero-order valence-corrected chi connectivity index (χ0v) is 14.5. The van der Waals surface area contributed by atoms with Crippen molar-refractivity contribution in [3.05, 3.63) is 71.4 Å². The Kier molecular flexibility index (Phi) is 4.10. The summed E-state index contributed by atoms with van der Waals surface area (Å²) >= 11 is 1.37. The molecule has 3 aromatic heterocycles. The lowest BCUT2D eigenvalue weighted by Crippen LogP contribution is -2.14. The predicted octanol–water partition coefficient (Wildman–Crippen LogP) is 4.29. The topological polar surface area (TPSA) is 73.0 Å². The molecule has 0 aliphatic carbocycles. The Bertz CT molecular complexity index is 1050. The summed E-state index contributed by atoms with van der Waals surface area (Å²) in [7, 11) is 0. The highest BCUT2D eigenvalue weighted by atomic mass is 32.1. The summed E-state index contributed by atoms with van der Waals surface area (Å²) in [6.45, 7) is 1.83. The molecule has 1 aromatic carbocycles. The lowest BCUT2D eigenvalue weighted by molar-refractivity contribution is 0.0996. The largest absolute Gasteiger partial charge is 0.459 e. The summed E-state index contributed by atoms with van der Waals surface area (Å²) in [5, 5.41) is 9.62. The molecule has 0 bridgehead atoms. The Hall–Kier alpha value is -3.26. The van der Waals surface area contributed by atoms with Crippen LogP contribution in [0.3, 0.4) is 0 Å². The molecule has 6 nitrogen and oxygen atoms in total. The monoisotopic (exact) mass is 368 g/mol. The van der Waals surface area contributed by atoms with Crippen LogP contribution in [-0.4, -0.2) is 20.7 Å². The van der Waals surface area contributed by atoms with Crippen molar-refractivity contribution in [1.29, 1.82) is 0 Å². The van der Waals surface area contributed by atoms with Gasteiger partial charge in [-0.15, -0.1) is 11.3 Å². The second-order valence-corrected chi connectivity index (χ2v) is 6.37. The molecule has 0 saturated carbocycles.